The number of azo groups is 2. The van der Waals surface area contributed by atoms with Gasteiger partial charge in [-0.1, -0.05) is 103 Å². The first-order chi connectivity index (χ1) is 36.3. The van der Waals surface area contributed by atoms with E-state index in [9.17, 15) is 46.1 Å². The number of aliphatic imine (C=N–C) groups is 1. The molecule has 0 saturated carbocycles. The molecule has 77 heavy (non-hydrogen) atoms. The van der Waals surface area contributed by atoms with Crippen molar-refractivity contribution in [2.24, 2.45) is 25.4 Å². The summed E-state index contributed by atoms with van der Waals surface area (Å²) < 4.78 is 76.6. The van der Waals surface area contributed by atoms with Crippen molar-refractivity contribution in [2.75, 3.05) is 18.5 Å². The van der Waals surface area contributed by atoms with Crippen LogP contribution in [0.15, 0.2) is 169 Å². The van der Waals surface area contributed by atoms with Gasteiger partial charge in [0.2, 0.25) is 0 Å². The van der Waals surface area contributed by atoms with Crippen molar-refractivity contribution in [1.82, 2.24) is 0 Å². The average Bonchev–Trinajstić information content (AvgIpc) is 3.38. The summed E-state index contributed by atoms with van der Waals surface area (Å²) >= 11 is 12.8. The van der Waals surface area contributed by atoms with Crippen LogP contribution in [-0.4, -0.2) is 105 Å². The Morgan fingerprint density at radius 3 is 1.61 bits per heavy atom. The monoisotopic (exact) mass is 1240 g/mol. The van der Waals surface area contributed by atoms with Crippen molar-refractivity contribution >= 4 is 160 Å². The molecular weight excluding hydrogens is 1200 g/mol. The minimum absolute atomic E-state index is 0. The zero-order chi connectivity index (χ0) is 54.9. The summed E-state index contributed by atoms with van der Waals surface area (Å²) in [7, 11) is -8.98. The van der Waals surface area contributed by atoms with Crippen LogP contribution in [-0.2, 0) is 33.1 Å². The molecule has 0 heterocycles. The molecule has 0 aliphatic heterocycles. The van der Waals surface area contributed by atoms with Gasteiger partial charge in [-0.05, 0) is 121 Å². The Morgan fingerprint density at radius 1 is 0.610 bits per heavy atom. The van der Waals surface area contributed by atoms with Crippen molar-refractivity contribution in [1.29, 1.82) is 0 Å². The van der Waals surface area contributed by atoms with E-state index in [1.165, 1.54) is 30.3 Å². The number of hydrogen-bond donors (Lipinski definition) is 4. The summed E-state index contributed by atoms with van der Waals surface area (Å²) in [6, 6.07) is 35.3. The Bertz CT molecular complexity index is 3860. The molecule has 0 bridgehead atoms. The van der Waals surface area contributed by atoms with E-state index in [4.69, 9.17) is 32.7 Å². The van der Waals surface area contributed by atoms with Crippen LogP contribution < -0.4 is 25.0 Å². The molecule has 0 fully saturated rings. The first kappa shape index (κ1) is 59.8. The maximum atomic E-state index is 13.4. The Morgan fingerprint density at radius 2 is 1.09 bits per heavy atom. The molecule has 1 amide bonds. The number of carbonyl (C=O) groups excluding carboxylic acids is 1. The molecule has 0 saturated heterocycles. The molecule has 23 heteroatoms. The summed E-state index contributed by atoms with van der Waals surface area (Å²) in [6.07, 6.45) is 0.411. The molecule has 8 rings (SSSR count). The topological polar surface area (TPSA) is 284 Å². The fraction of sp³-hybridized carbons (Fsp3) is 0.148. The Kier molecular flexibility index (Phi) is 20.4. The van der Waals surface area contributed by atoms with Gasteiger partial charge in [0.25, 0.3) is 26.1 Å². The number of phenolic OH excluding ortho intramolecular Hbond substituents is 1. The third-order valence-corrected chi connectivity index (χ3v) is 14.1. The number of nitrogens with zero attached hydrogens (tertiary/aromatic N) is 5. The van der Waals surface area contributed by atoms with Gasteiger partial charge in [0.05, 0.1) is 50.0 Å². The molecular formula is C54H46BaCl2N6O12S2. The Labute approximate surface area is 493 Å². The van der Waals surface area contributed by atoms with Gasteiger partial charge in [-0.25, -0.2) is 0 Å². The quantitative estimate of drug-likeness (QED) is 0.0231. The van der Waals surface area contributed by atoms with Crippen LogP contribution in [0.2, 0.25) is 10.0 Å². The largest absolute Gasteiger partial charge is 2.00 e. The van der Waals surface area contributed by atoms with E-state index in [0.29, 0.717) is 57.6 Å². The van der Waals surface area contributed by atoms with E-state index in [-0.39, 0.29) is 127 Å². The second kappa shape index (κ2) is 26.3. The van der Waals surface area contributed by atoms with Gasteiger partial charge >= 0.3 is 48.9 Å². The van der Waals surface area contributed by atoms with Crippen LogP contribution in [0.25, 0.3) is 21.5 Å². The zero-order valence-electron chi connectivity index (χ0n) is 41.6. The van der Waals surface area contributed by atoms with Crippen molar-refractivity contribution in [3.63, 3.8) is 0 Å². The van der Waals surface area contributed by atoms with Gasteiger partial charge in [-0.3, -0.25) is 18.9 Å². The summed E-state index contributed by atoms with van der Waals surface area (Å²) in [5.74, 6) is -1.27. The number of rotatable bonds is 16. The SMILES string of the molecule is CCOc1cccc(N=C([O-])c2cc3ccccc3c(N=Nc3ccc(S(=O)(=O)O)c(CC)c3Cl)c2[O-])c1.CCOc1cccc(NC(=O)c2cc3ccccc3c(N=Nc3ccc(S(=O)(=O)O)c(CC)c3Cl)c2O)c1.[Ba+2]. The molecule has 18 nitrogen and oxygen atoms in total. The van der Waals surface area contributed by atoms with Crippen molar-refractivity contribution in [3.05, 3.63) is 166 Å². The minimum Gasteiger partial charge on any atom is -0.871 e. The first-order valence-electron chi connectivity index (χ1n) is 23.2. The third kappa shape index (κ3) is 14.2. The summed E-state index contributed by atoms with van der Waals surface area (Å²) in [5, 5.41) is 59.0. The molecule has 392 valence electrons. The van der Waals surface area contributed by atoms with E-state index < -0.39 is 43.5 Å². The second-order valence-electron chi connectivity index (χ2n) is 16.2. The number of phenols is 1. The van der Waals surface area contributed by atoms with Gasteiger partial charge < -0.3 is 30.1 Å². The van der Waals surface area contributed by atoms with Crippen LogP contribution in [0.3, 0.4) is 0 Å². The van der Waals surface area contributed by atoms with Gasteiger partial charge in [-0.15, -0.1) is 15.3 Å². The predicted molar refractivity (Wildman–Crippen MR) is 294 cm³/mol. The molecule has 8 aromatic rings. The fourth-order valence-electron chi connectivity index (χ4n) is 7.86. The van der Waals surface area contributed by atoms with Gasteiger partial charge in [-0.2, -0.15) is 21.9 Å². The first-order valence-corrected chi connectivity index (χ1v) is 26.8. The number of ether oxygens (including phenoxy) is 2. The number of benzene rings is 8. The molecule has 0 spiro atoms. The molecule has 0 atom stereocenters. The summed E-state index contributed by atoms with van der Waals surface area (Å²) in [6.45, 7) is 7.96. The molecule has 0 radical (unpaired) electrons. The molecule has 0 aromatic heterocycles. The molecule has 4 N–H and O–H groups in total. The zero-order valence-corrected chi connectivity index (χ0v) is 49.1. The van der Waals surface area contributed by atoms with Crippen molar-refractivity contribution < 1.29 is 55.5 Å². The summed E-state index contributed by atoms with van der Waals surface area (Å²) in [5.41, 5.74) is 1.08. The molecule has 0 unspecified atom stereocenters. The van der Waals surface area contributed by atoms with Crippen LogP contribution in [0.4, 0.5) is 34.1 Å². The Hall–Kier alpha value is -6.41. The van der Waals surface area contributed by atoms with Crippen molar-refractivity contribution in [3.8, 4) is 23.0 Å². The second-order valence-corrected chi connectivity index (χ2v) is 19.8. The van der Waals surface area contributed by atoms with Gasteiger partial charge in [0.15, 0.2) is 5.75 Å². The van der Waals surface area contributed by atoms with E-state index >= 15 is 0 Å². The van der Waals surface area contributed by atoms with Crippen LogP contribution in [0.1, 0.15) is 54.7 Å². The maximum Gasteiger partial charge on any atom is 2.00 e. The van der Waals surface area contributed by atoms with E-state index in [1.807, 2.05) is 13.8 Å². The maximum absolute atomic E-state index is 13.4. The normalized spacial score (nSPS) is 11.9. The molecule has 0 aliphatic rings. The number of hydrogen-bond acceptors (Lipinski definition) is 15. The smallest absolute Gasteiger partial charge is 0.871 e. The number of halogens is 2. The van der Waals surface area contributed by atoms with E-state index in [0.717, 1.165) is 0 Å². The van der Waals surface area contributed by atoms with E-state index in [2.05, 4.69) is 30.8 Å². The number of fused-ring (bicyclic) bond motifs is 2. The predicted octanol–water partition coefficient (Wildman–Crippen LogP) is 12.3. The third-order valence-electron chi connectivity index (χ3n) is 11.3. The van der Waals surface area contributed by atoms with Crippen LogP contribution in [0, 0.1) is 0 Å². The average molecular weight is 1240 g/mol. The molecule has 0 aliphatic carbocycles. The summed E-state index contributed by atoms with van der Waals surface area (Å²) in [4.78, 5) is 16.6. The number of carbonyl (C=O) groups is 1. The number of amides is 1. The molecule has 8 aromatic carbocycles. The van der Waals surface area contributed by atoms with Gasteiger partial charge in [0, 0.05) is 28.6 Å². The van der Waals surface area contributed by atoms with Crippen molar-refractivity contribution in [2.45, 2.75) is 50.3 Å². The van der Waals surface area contributed by atoms with E-state index in [1.54, 1.807) is 117 Å². The Balaban J connectivity index is 0.000000246. The number of anilines is 1. The van der Waals surface area contributed by atoms with Crippen LogP contribution >= 0.6 is 23.2 Å². The number of aromatic hydroxyl groups is 1. The van der Waals surface area contributed by atoms with Crippen LogP contribution in [0.5, 0.6) is 23.0 Å². The minimum atomic E-state index is -4.50. The standard InChI is InChI=1S/2C27H24ClN3O6S.Ba/c2*1-3-19-23(38(34,35)36)13-12-22(24(19)28)30-31-25-20-11-6-5-8-16(20)14-21(26(25)32)27(33)29-17-9-7-10-18(15-17)37-4-2;/h2*5-15,32H,3-4H2,1-2H3,(H,29,33)(H,34,35,36);/q;;+2/p-2. The van der Waals surface area contributed by atoms with Gasteiger partial charge in [0.1, 0.15) is 28.6 Å². The number of nitrogens with one attached hydrogen (secondary N) is 1. The fourth-order valence-corrected chi connectivity index (χ4v) is 10.2.